The molecule has 3 aliphatic heterocycles. The number of ether oxygens (including phenoxy) is 5. The van der Waals surface area contributed by atoms with Crippen LogP contribution in [0.4, 0.5) is 10.5 Å². The lowest BCUT2D eigenvalue weighted by atomic mass is 9.89. The zero-order valence-electron chi connectivity index (χ0n) is 67.4. The van der Waals surface area contributed by atoms with E-state index >= 15 is 4.79 Å². The number of amides is 12. The molecular weight excluding hydrogens is 1470 g/mol. The minimum atomic E-state index is -1.54. The molecule has 3 aliphatic rings. The molecule has 12 atom stereocenters. The van der Waals surface area contributed by atoms with Gasteiger partial charge in [-0.25, -0.2) is 15.3 Å². The van der Waals surface area contributed by atoms with Crippen molar-refractivity contribution in [3.63, 3.8) is 0 Å². The molecule has 33 heteroatoms. The summed E-state index contributed by atoms with van der Waals surface area (Å²) in [5, 5.41) is 29.2. The van der Waals surface area contributed by atoms with Crippen LogP contribution in [0.3, 0.4) is 0 Å². The third-order valence-electron chi connectivity index (χ3n) is 20.7. The highest BCUT2D eigenvalue weighted by atomic mass is 32.1. The summed E-state index contributed by atoms with van der Waals surface area (Å²) >= 11 is 1.46. The molecule has 4 heterocycles. The Bertz CT molecular complexity index is 3570. The number of likely N-dealkylation sites (tertiary alicyclic amines) is 1. The van der Waals surface area contributed by atoms with Crippen LogP contribution < -0.4 is 37.4 Å². The third-order valence-corrected chi connectivity index (χ3v) is 21.6. The van der Waals surface area contributed by atoms with Crippen molar-refractivity contribution in [3.8, 4) is 0 Å². The largest absolute Gasteiger partial charge is 0.431 e. The van der Waals surface area contributed by atoms with E-state index in [1.54, 1.807) is 76.6 Å². The number of likely N-dealkylation sites (N-methyl/N-ethyl adjacent to an activating group) is 3. The second kappa shape index (κ2) is 46.4. The van der Waals surface area contributed by atoms with Crippen molar-refractivity contribution in [2.45, 2.75) is 181 Å². The van der Waals surface area contributed by atoms with E-state index in [0.717, 1.165) is 32.5 Å². The monoisotopic (exact) mass is 1580 g/mol. The molecule has 3 aromatic rings. The van der Waals surface area contributed by atoms with Crippen LogP contribution in [0.1, 0.15) is 142 Å². The quantitative estimate of drug-likeness (QED) is 0.0221. The fourth-order valence-electron chi connectivity index (χ4n) is 14.1. The molecule has 12 amide bonds. The molecule has 2 saturated heterocycles. The highest BCUT2D eigenvalue weighted by molar-refractivity contribution is 7.09. The van der Waals surface area contributed by atoms with Crippen molar-refractivity contribution in [2.75, 3.05) is 119 Å². The van der Waals surface area contributed by atoms with E-state index in [4.69, 9.17) is 23.7 Å². The summed E-state index contributed by atoms with van der Waals surface area (Å²) in [6, 6.07) is 9.79. The fourth-order valence-corrected chi connectivity index (χ4v) is 14.8. The van der Waals surface area contributed by atoms with Crippen LogP contribution in [-0.2, 0) is 82.8 Å². The Morgan fingerprint density at radius 3 is 1.96 bits per heavy atom. The molecule has 0 radical (unpaired) electrons. The highest BCUT2D eigenvalue weighted by Gasteiger charge is 2.45. The smallest absolute Gasteiger partial charge is 0.411 e. The molecule has 2 aromatic carbocycles. The number of aromatic nitrogens is 1. The second-order valence-corrected chi connectivity index (χ2v) is 30.8. The van der Waals surface area contributed by atoms with Crippen molar-refractivity contribution in [2.24, 2.45) is 29.6 Å². The Labute approximate surface area is 662 Å². The van der Waals surface area contributed by atoms with Gasteiger partial charge in [-0.1, -0.05) is 111 Å². The Morgan fingerprint density at radius 1 is 0.696 bits per heavy atom. The number of methoxy groups -OCH3 is 2. The van der Waals surface area contributed by atoms with Crippen molar-refractivity contribution in [3.05, 3.63) is 94.5 Å². The van der Waals surface area contributed by atoms with Gasteiger partial charge in [0.05, 0.1) is 69.1 Å². The second-order valence-electron chi connectivity index (χ2n) is 29.9. The van der Waals surface area contributed by atoms with Gasteiger partial charge in [0, 0.05) is 128 Å². The number of carbonyl (C=O) groups is 12. The maximum atomic E-state index is 15.1. The van der Waals surface area contributed by atoms with Crippen molar-refractivity contribution >= 4 is 88.1 Å². The molecular formula is C79H120N14O18S. The molecule has 0 saturated carbocycles. The van der Waals surface area contributed by atoms with Crippen LogP contribution in [0.25, 0.3) is 0 Å². The van der Waals surface area contributed by atoms with Gasteiger partial charge in [0.1, 0.15) is 29.2 Å². The summed E-state index contributed by atoms with van der Waals surface area (Å²) in [6.45, 7) is 19.1. The van der Waals surface area contributed by atoms with Crippen LogP contribution >= 0.6 is 11.3 Å². The van der Waals surface area contributed by atoms with Crippen LogP contribution in [0.2, 0.25) is 0 Å². The van der Waals surface area contributed by atoms with Gasteiger partial charge in [0.15, 0.2) is 0 Å². The average molecular weight is 1590 g/mol. The lowest BCUT2D eigenvalue weighted by molar-refractivity contribution is -0.148. The molecule has 32 nitrogen and oxygen atoms in total. The minimum Gasteiger partial charge on any atom is -0.431 e. The van der Waals surface area contributed by atoms with Crippen LogP contribution in [-0.4, -0.2) is 273 Å². The first-order valence-corrected chi connectivity index (χ1v) is 39.7. The maximum Gasteiger partial charge on any atom is 0.411 e. The number of carbonyl (C=O) groups excluding carboxylic acids is 12. The molecule has 6 rings (SSSR count). The molecule has 0 spiro atoms. The maximum absolute atomic E-state index is 15.1. The van der Waals surface area contributed by atoms with Gasteiger partial charge in [0.25, 0.3) is 17.7 Å². The van der Waals surface area contributed by atoms with Gasteiger partial charge in [-0.05, 0) is 80.5 Å². The van der Waals surface area contributed by atoms with Gasteiger partial charge in [0.2, 0.25) is 53.4 Å². The summed E-state index contributed by atoms with van der Waals surface area (Å²) in [4.78, 5) is 179. The Balaban J connectivity index is 1.07. The zero-order chi connectivity index (χ0) is 82.3. The Morgan fingerprint density at radius 2 is 1.36 bits per heavy atom. The van der Waals surface area contributed by atoms with E-state index in [1.165, 1.54) is 49.8 Å². The van der Waals surface area contributed by atoms with E-state index in [-0.39, 0.29) is 119 Å². The van der Waals surface area contributed by atoms with E-state index in [9.17, 15) is 57.9 Å². The Kier molecular flexibility index (Phi) is 38.1. The molecule has 1 aromatic heterocycles. The number of hydrogen-bond acceptors (Lipinski definition) is 22. The van der Waals surface area contributed by atoms with Gasteiger partial charge in [-0.15, -0.1) is 11.3 Å². The summed E-state index contributed by atoms with van der Waals surface area (Å²) in [6.07, 6.45) is 2.42. The molecule has 1 unspecified atom stereocenters. The van der Waals surface area contributed by atoms with Crippen LogP contribution in [0, 0.1) is 29.6 Å². The number of rotatable bonds is 46. The number of nitrogens with one attached hydrogen (secondary N) is 7. The predicted octanol–water partition coefficient (Wildman–Crippen LogP) is 4.39. The first-order chi connectivity index (χ1) is 53.4. The first kappa shape index (κ1) is 92.0. The topological polar surface area (TPSA) is 388 Å². The predicted molar refractivity (Wildman–Crippen MR) is 418 cm³/mol. The summed E-state index contributed by atoms with van der Waals surface area (Å²) < 4.78 is 29.5. The summed E-state index contributed by atoms with van der Waals surface area (Å²) in [5.74, 6) is -7.54. The van der Waals surface area contributed by atoms with Gasteiger partial charge in [-0.2, -0.15) is 0 Å². The summed E-state index contributed by atoms with van der Waals surface area (Å²) in [5.41, 5.74) is 3.57. The van der Waals surface area contributed by atoms with Gasteiger partial charge < -0.3 is 80.4 Å². The lowest BCUT2D eigenvalue weighted by Gasteiger charge is -2.41. The standard InChI is InChI=1S/C79H120N14O18S/c1-15-52(8)69(60(107-13)48-65(98)92-36-20-24-59(92)70(108-14)53(9)72(99)85-58(76-81-35-46-112-76)47-54-21-17-16-18-22-54)89(11)77(103)67(50(4)5)87-75(102)68(51(6)7)90(12)79(105)111-71(78(104)91-40-38-88(10)39-41-91)55-25-27-56(28-26-55)83-73(100)57(23-19-33-82-106)84-74(101)66(49(2)3)86-62(95)32-42-109-44-45-110-43-34-80-61(94)31-37-93-63(96)29-30-64(93)97/h16-18,21-22,25-30,35,46,49-53,57-60,66-71,82,106H,15,19-20,23-24,31-34,36-45,47-48H2,1-14H3,(H,80,94)(H,83,100)(H,84,101)(H,85,99)(H,86,95)(H,87,102)/t52-,53+,57-,58-,59-,60+,66-,67-,68-,69-,70+,71?/m0/s1. The SMILES string of the molecule is CC[C@H](C)[C@@H]([C@@H](CC(=O)N1CCC[C@H]1[C@H](OC)[C@@H](C)C(=O)N[C@@H](Cc1ccccc1)c1nccs1)OC)N(C)C(=O)[C@@H](NC(=O)[C@H](C(C)C)N(C)C(=O)OC(C(=O)N1CCN(C)CC1)c1ccc(NC(=O)[C@H](CCCNO)NC(=O)[C@@H](NC(=O)CCOCCOCCNC(=O)CCN2C(=O)C=CC2=O)C(C)C)cc1)C(C)C. The van der Waals surface area contributed by atoms with Crippen LogP contribution in [0.5, 0.6) is 0 Å². The zero-order valence-corrected chi connectivity index (χ0v) is 68.3. The normalized spacial score (nSPS) is 17.5. The first-order valence-electron chi connectivity index (χ1n) is 38.8. The van der Waals surface area contributed by atoms with Gasteiger partial charge >= 0.3 is 6.09 Å². The van der Waals surface area contributed by atoms with E-state index in [0.29, 0.717) is 58.4 Å². The molecule has 8 N–H and O–H groups in total. The molecule has 0 aliphatic carbocycles. The molecule has 0 bridgehead atoms. The third kappa shape index (κ3) is 27.2. The highest BCUT2D eigenvalue weighted by Crippen LogP contribution is 2.32. The number of imide groups is 1. The van der Waals surface area contributed by atoms with Crippen molar-refractivity contribution in [1.82, 2.24) is 66.4 Å². The average Bonchev–Trinajstić information content (AvgIpc) is 1.13. The number of nitrogens with zero attached hydrogens (tertiary/aromatic N) is 7. The minimum absolute atomic E-state index is 0.00736. The molecule has 112 heavy (non-hydrogen) atoms. The fraction of sp³-hybridized carbons (Fsp3) is 0.633. The number of hydroxylamine groups is 1. The van der Waals surface area contributed by atoms with Crippen molar-refractivity contribution < 1.29 is 86.4 Å². The van der Waals surface area contributed by atoms with Crippen LogP contribution in [0.15, 0.2) is 78.3 Å². The number of hydrogen-bond donors (Lipinski definition) is 8. The van der Waals surface area contributed by atoms with E-state index < -0.39 is 132 Å². The number of thiazole rings is 1. The number of piperazine rings is 1. The Hall–Kier alpha value is -8.83. The molecule has 2 fully saturated rings. The number of benzene rings is 2. The summed E-state index contributed by atoms with van der Waals surface area (Å²) in [7, 11) is 7.99. The van der Waals surface area contributed by atoms with E-state index in [1.807, 2.05) is 63.5 Å². The lowest BCUT2D eigenvalue weighted by Crippen LogP contribution is -2.60. The van der Waals surface area contributed by atoms with E-state index in [2.05, 4.69) is 47.3 Å². The van der Waals surface area contributed by atoms with Crippen molar-refractivity contribution in [1.29, 1.82) is 0 Å². The van der Waals surface area contributed by atoms with Gasteiger partial charge in [-0.3, -0.25) is 62.5 Å². The number of anilines is 1. The molecule has 620 valence electrons.